The molecule has 1 amide bonds. The van der Waals surface area contributed by atoms with Crippen LogP contribution in [0.2, 0.25) is 0 Å². The lowest BCUT2D eigenvalue weighted by molar-refractivity contribution is -0.139. The Hall–Kier alpha value is -2.63. The molecule has 1 heterocycles. The van der Waals surface area contributed by atoms with Crippen LogP contribution >= 0.6 is 0 Å². The number of benzene rings is 1. The Balaban J connectivity index is 2.30. The third-order valence-electron chi connectivity index (χ3n) is 2.65. The molecule has 1 aromatic heterocycles. The molecule has 98 valence electrons. The number of nitrogens with one attached hydrogen (secondary N) is 2. The highest BCUT2D eigenvalue weighted by molar-refractivity contribution is 5.98. The number of methoxy groups -OCH3 is 1. The number of aromatic nitrogens is 1. The summed E-state index contributed by atoms with van der Waals surface area (Å²) in [6.07, 6.45) is 1.33. The summed E-state index contributed by atoms with van der Waals surface area (Å²) in [4.78, 5) is 37.7. The van der Waals surface area contributed by atoms with Crippen molar-refractivity contribution in [2.45, 2.75) is 0 Å². The number of amides is 1. The average molecular weight is 260 g/mol. The molecule has 0 fully saturated rings. The number of H-pyrrole nitrogens is 1. The van der Waals surface area contributed by atoms with Crippen molar-refractivity contribution in [2.24, 2.45) is 0 Å². The van der Waals surface area contributed by atoms with E-state index in [1.165, 1.54) is 13.3 Å². The van der Waals surface area contributed by atoms with Gasteiger partial charge in [-0.2, -0.15) is 0 Å². The lowest BCUT2D eigenvalue weighted by Gasteiger charge is -2.04. The number of hydrogen-bond donors (Lipinski definition) is 2. The monoisotopic (exact) mass is 260 g/mol. The largest absolute Gasteiger partial charge is 0.468 e. The number of fused-ring (bicyclic) bond motifs is 1. The lowest BCUT2D eigenvalue weighted by Crippen LogP contribution is -2.33. The van der Waals surface area contributed by atoms with Gasteiger partial charge in [0.1, 0.15) is 12.1 Å². The van der Waals surface area contributed by atoms with Gasteiger partial charge < -0.3 is 15.0 Å². The second-order valence-corrected chi connectivity index (χ2v) is 3.84. The van der Waals surface area contributed by atoms with Crippen LogP contribution in [0.3, 0.4) is 0 Å². The molecule has 0 aliphatic carbocycles. The first kappa shape index (κ1) is 12.8. The van der Waals surface area contributed by atoms with Crippen molar-refractivity contribution in [3.63, 3.8) is 0 Å². The topological polar surface area (TPSA) is 88.3 Å². The molecule has 0 saturated heterocycles. The van der Waals surface area contributed by atoms with Crippen molar-refractivity contribution >= 4 is 22.8 Å². The lowest BCUT2D eigenvalue weighted by atomic mass is 10.1. The van der Waals surface area contributed by atoms with E-state index in [0.717, 1.165) is 0 Å². The molecule has 0 unspecified atom stereocenters. The summed E-state index contributed by atoms with van der Waals surface area (Å²) in [7, 11) is 1.22. The first-order chi connectivity index (χ1) is 9.13. The zero-order chi connectivity index (χ0) is 13.8. The van der Waals surface area contributed by atoms with Crippen molar-refractivity contribution in [3.05, 3.63) is 46.2 Å². The van der Waals surface area contributed by atoms with Crippen LogP contribution in [0.25, 0.3) is 10.9 Å². The number of pyridine rings is 1. The second kappa shape index (κ2) is 5.34. The quantitative estimate of drug-likeness (QED) is 0.783. The maximum absolute atomic E-state index is 12.1. The van der Waals surface area contributed by atoms with E-state index in [9.17, 15) is 14.4 Å². The zero-order valence-electron chi connectivity index (χ0n) is 10.2. The number of carbonyl (C=O) groups excluding carboxylic acids is 2. The molecule has 1 aromatic carbocycles. The van der Waals surface area contributed by atoms with Gasteiger partial charge in [0.25, 0.3) is 5.91 Å². The Morgan fingerprint density at radius 3 is 2.79 bits per heavy atom. The van der Waals surface area contributed by atoms with Crippen molar-refractivity contribution < 1.29 is 14.3 Å². The van der Waals surface area contributed by atoms with Gasteiger partial charge in [-0.1, -0.05) is 12.1 Å². The Bertz CT molecular complexity index is 690. The van der Waals surface area contributed by atoms with Crippen LogP contribution in [0.5, 0.6) is 0 Å². The highest BCUT2D eigenvalue weighted by atomic mass is 16.5. The van der Waals surface area contributed by atoms with Gasteiger partial charge in [-0.05, 0) is 12.1 Å². The predicted octanol–water partition coefficient (Wildman–Crippen LogP) is 0.431. The van der Waals surface area contributed by atoms with Crippen LogP contribution in [-0.2, 0) is 9.53 Å². The van der Waals surface area contributed by atoms with Crippen molar-refractivity contribution in [1.29, 1.82) is 0 Å². The molecule has 0 aliphatic rings. The number of aromatic amines is 1. The molecular weight excluding hydrogens is 248 g/mol. The standard InChI is InChI=1S/C13H12N2O4/c1-19-11(16)7-15-13(18)9-6-14-10-5-3-2-4-8(10)12(9)17/h2-6H,7H2,1H3,(H,14,17)(H,15,18). The Kier molecular flexibility index (Phi) is 3.61. The molecule has 0 saturated carbocycles. The molecule has 0 spiro atoms. The molecular formula is C13H12N2O4. The molecule has 6 nitrogen and oxygen atoms in total. The summed E-state index contributed by atoms with van der Waals surface area (Å²) >= 11 is 0. The second-order valence-electron chi connectivity index (χ2n) is 3.84. The van der Waals surface area contributed by atoms with Gasteiger partial charge in [-0.15, -0.1) is 0 Å². The van der Waals surface area contributed by atoms with Crippen molar-refractivity contribution in [2.75, 3.05) is 13.7 Å². The number of carbonyl (C=O) groups is 2. The highest BCUT2D eigenvalue weighted by Crippen LogP contribution is 2.06. The van der Waals surface area contributed by atoms with E-state index in [2.05, 4.69) is 15.0 Å². The highest BCUT2D eigenvalue weighted by Gasteiger charge is 2.13. The number of esters is 1. The molecule has 2 N–H and O–H groups in total. The van der Waals surface area contributed by atoms with Gasteiger partial charge in [0.15, 0.2) is 0 Å². The Labute approximate surface area is 108 Å². The van der Waals surface area contributed by atoms with E-state index in [1.807, 2.05) is 0 Å². The fraction of sp³-hybridized carbons (Fsp3) is 0.154. The maximum atomic E-state index is 12.1. The minimum absolute atomic E-state index is 0.0393. The van der Waals surface area contributed by atoms with Crippen LogP contribution in [-0.4, -0.2) is 30.5 Å². The van der Waals surface area contributed by atoms with Gasteiger partial charge in [0.05, 0.1) is 7.11 Å². The fourth-order valence-corrected chi connectivity index (χ4v) is 1.66. The number of rotatable bonds is 3. The molecule has 0 aliphatic heterocycles. The first-order valence-corrected chi connectivity index (χ1v) is 5.59. The number of ether oxygens (including phenoxy) is 1. The van der Waals surface area contributed by atoms with Gasteiger partial charge >= 0.3 is 5.97 Å². The Morgan fingerprint density at radius 1 is 1.32 bits per heavy atom. The van der Waals surface area contributed by atoms with E-state index in [1.54, 1.807) is 24.3 Å². The molecule has 6 heteroatoms. The summed E-state index contributed by atoms with van der Waals surface area (Å²) in [6, 6.07) is 6.88. The molecule has 0 radical (unpaired) electrons. The van der Waals surface area contributed by atoms with E-state index >= 15 is 0 Å². The minimum atomic E-state index is -0.614. The smallest absolute Gasteiger partial charge is 0.325 e. The normalized spacial score (nSPS) is 10.2. The van der Waals surface area contributed by atoms with Crippen LogP contribution in [0, 0.1) is 0 Å². The van der Waals surface area contributed by atoms with Gasteiger partial charge in [0, 0.05) is 17.1 Å². The molecule has 0 bridgehead atoms. The van der Waals surface area contributed by atoms with Gasteiger partial charge in [-0.3, -0.25) is 14.4 Å². The van der Waals surface area contributed by atoms with Crippen molar-refractivity contribution in [3.8, 4) is 0 Å². The van der Waals surface area contributed by atoms with Gasteiger partial charge in [-0.25, -0.2) is 0 Å². The Morgan fingerprint density at radius 2 is 2.05 bits per heavy atom. The van der Waals surface area contributed by atoms with E-state index in [4.69, 9.17) is 0 Å². The van der Waals surface area contributed by atoms with Crippen molar-refractivity contribution in [1.82, 2.24) is 10.3 Å². The van der Waals surface area contributed by atoms with Crippen LogP contribution in [0.4, 0.5) is 0 Å². The third kappa shape index (κ3) is 2.62. The number of hydrogen-bond acceptors (Lipinski definition) is 4. The summed E-state index contributed by atoms with van der Waals surface area (Å²) in [5.74, 6) is -1.19. The zero-order valence-corrected chi connectivity index (χ0v) is 10.2. The number of para-hydroxylation sites is 1. The maximum Gasteiger partial charge on any atom is 0.325 e. The SMILES string of the molecule is COC(=O)CNC(=O)c1c[nH]c2ccccc2c1=O. The molecule has 2 aromatic rings. The fourth-order valence-electron chi connectivity index (χ4n) is 1.66. The first-order valence-electron chi connectivity index (χ1n) is 5.59. The van der Waals surface area contributed by atoms with Gasteiger partial charge in [0.2, 0.25) is 5.43 Å². The minimum Gasteiger partial charge on any atom is -0.468 e. The van der Waals surface area contributed by atoms with E-state index < -0.39 is 11.9 Å². The van der Waals surface area contributed by atoms with E-state index in [-0.39, 0.29) is 17.5 Å². The van der Waals surface area contributed by atoms with Crippen LogP contribution in [0.15, 0.2) is 35.3 Å². The summed E-state index contributed by atoms with van der Waals surface area (Å²) in [5.41, 5.74) is 0.233. The molecule has 19 heavy (non-hydrogen) atoms. The third-order valence-corrected chi connectivity index (χ3v) is 2.65. The summed E-state index contributed by atoms with van der Waals surface area (Å²) in [5, 5.41) is 2.75. The predicted molar refractivity (Wildman–Crippen MR) is 68.9 cm³/mol. The van der Waals surface area contributed by atoms with E-state index in [0.29, 0.717) is 10.9 Å². The molecule has 0 atom stereocenters. The van der Waals surface area contributed by atoms with Crippen LogP contribution in [0.1, 0.15) is 10.4 Å². The van der Waals surface area contributed by atoms with Crippen LogP contribution < -0.4 is 10.7 Å². The summed E-state index contributed by atoms with van der Waals surface area (Å²) in [6.45, 7) is -0.276. The summed E-state index contributed by atoms with van der Waals surface area (Å²) < 4.78 is 4.40. The molecule has 2 rings (SSSR count). The average Bonchev–Trinajstić information content (AvgIpc) is 2.45.